The predicted octanol–water partition coefficient (Wildman–Crippen LogP) is 4.26. The van der Waals surface area contributed by atoms with Crippen LogP contribution in [0.4, 0.5) is 0 Å². The molecule has 3 rings (SSSR count). The number of nitrogens with zero attached hydrogens (tertiary/aromatic N) is 3. The topological polar surface area (TPSA) is 39.9 Å². The molecule has 1 aliphatic rings. The minimum atomic E-state index is -0.276. The van der Waals surface area contributed by atoms with Crippen LogP contribution in [-0.4, -0.2) is 21.6 Å². The van der Waals surface area contributed by atoms with Crippen molar-refractivity contribution in [3.05, 3.63) is 24.3 Å². The Morgan fingerprint density at radius 3 is 2.90 bits per heavy atom. The molecule has 2 aromatic rings. The lowest BCUT2D eigenvalue weighted by atomic mass is 9.95. The summed E-state index contributed by atoms with van der Waals surface area (Å²) in [6, 6.07) is 8.18. The standard InChI is InChI=1S/C17H25N3O/c1-2-3-4-7-12-17(13-8-9-14-21-17)20-16-11-6-5-10-15(16)18-19-20/h5-6,10-11H,2-4,7-9,12-14H2,1H3. The molecule has 1 atom stereocenters. The summed E-state index contributed by atoms with van der Waals surface area (Å²) < 4.78 is 8.31. The molecule has 4 nitrogen and oxygen atoms in total. The molecular formula is C17H25N3O. The zero-order chi connectivity index (χ0) is 14.5. The highest BCUT2D eigenvalue weighted by atomic mass is 16.5. The molecule has 114 valence electrons. The Labute approximate surface area is 126 Å². The van der Waals surface area contributed by atoms with Crippen molar-refractivity contribution < 1.29 is 4.74 Å². The molecule has 1 saturated heterocycles. The second-order valence-corrected chi connectivity index (χ2v) is 6.05. The summed E-state index contributed by atoms with van der Waals surface area (Å²) in [6.07, 6.45) is 9.49. The van der Waals surface area contributed by atoms with E-state index in [1.807, 2.05) is 16.8 Å². The largest absolute Gasteiger partial charge is 0.354 e. The van der Waals surface area contributed by atoms with Gasteiger partial charge >= 0.3 is 0 Å². The normalized spacial score (nSPS) is 22.7. The summed E-state index contributed by atoms with van der Waals surface area (Å²) in [7, 11) is 0. The fraction of sp³-hybridized carbons (Fsp3) is 0.647. The van der Waals surface area contributed by atoms with Gasteiger partial charge in [0, 0.05) is 6.61 Å². The molecule has 0 radical (unpaired) electrons. The van der Waals surface area contributed by atoms with E-state index in [2.05, 4.69) is 29.4 Å². The SMILES string of the molecule is CCCCCCC1(n2nnc3ccccc32)CCCCO1. The first-order valence-corrected chi connectivity index (χ1v) is 8.31. The fourth-order valence-electron chi connectivity index (χ4n) is 3.31. The smallest absolute Gasteiger partial charge is 0.163 e. The lowest BCUT2D eigenvalue weighted by Crippen LogP contribution is -2.40. The van der Waals surface area contributed by atoms with Crippen LogP contribution in [0.2, 0.25) is 0 Å². The zero-order valence-corrected chi connectivity index (χ0v) is 12.9. The molecule has 4 heteroatoms. The van der Waals surface area contributed by atoms with Gasteiger partial charge < -0.3 is 4.74 Å². The Bertz CT molecular complexity index is 572. The summed E-state index contributed by atoms with van der Waals surface area (Å²) in [5.74, 6) is 0. The maximum absolute atomic E-state index is 6.26. The molecule has 21 heavy (non-hydrogen) atoms. The molecule has 0 spiro atoms. The Morgan fingerprint density at radius 2 is 2.10 bits per heavy atom. The molecule has 0 N–H and O–H groups in total. The average molecular weight is 287 g/mol. The highest BCUT2D eigenvalue weighted by Crippen LogP contribution is 2.36. The quantitative estimate of drug-likeness (QED) is 0.745. The number of para-hydroxylation sites is 1. The monoisotopic (exact) mass is 287 g/mol. The molecule has 1 aliphatic heterocycles. The molecule has 1 unspecified atom stereocenters. The van der Waals surface area contributed by atoms with Gasteiger partial charge in [0.2, 0.25) is 0 Å². The van der Waals surface area contributed by atoms with Crippen molar-refractivity contribution >= 4 is 11.0 Å². The van der Waals surface area contributed by atoms with Crippen LogP contribution in [0.1, 0.15) is 58.3 Å². The summed E-state index contributed by atoms with van der Waals surface area (Å²) >= 11 is 0. The van der Waals surface area contributed by atoms with E-state index >= 15 is 0 Å². The number of unbranched alkanes of at least 4 members (excludes halogenated alkanes) is 3. The Kier molecular flexibility index (Phi) is 4.54. The number of fused-ring (bicyclic) bond motifs is 1. The number of benzene rings is 1. The van der Waals surface area contributed by atoms with Crippen molar-refractivity contribution in [3.8, 4) is 0 Å². The summed E-state index contributed by atoms with van der Waals surface area (Å²) in [6.45, 7) is 3.08. The Morgan fingerprint density at radius 1 is 1.19 bits per heavy atom. The molecule has 1 aromatic heterocycles. The molecule has 1 aromatic carbocycles. The lowest BCUT2D eigenvalue weighted by Gasteiger charge is -2.37. The Balaban J connectivity index is 1.87. The van der Waals surface area contributed by atoms with Gasteiger partial charge in [-0.15, -0.1) is 5.10 Å². The van der Waals surface area contributed by atoms with E-state index in [9.17, 15) is 0 Å². The van der Waals surface area contributed by atoms with Crippen LogP contribution in [0.25, 0.3) is 11.0 Å². The molecule has 0 bridgehead atoms. The van der Waals surface area contributed by atoms with Crippen LogP contribution < -0.4 is 0 Å². The third kappa shape index (κ3) is 2.95. The van der Waals surface area contributed by atoms with E-state index in [0.717, 1.165) is 36.9 Å². The van der Waals surface area contributed by atoms with E-state index in [0.29, 0.717) is 0 Å². The van der Waals surface area contributed by atoms with Gasteiger partial charge in [-0.2, -0.15) is 0 Å². The molecule has 2 heterocycles. The van der Waals surface area contributed by atoms with Gasteiger partial charge in [0.05, 0.1) is 5.52 Å². The number of rotatable bonds is 6. The van der Waals surface area contributed by atoms with Gasteiger partial charge in [-0.05, 0) is 44.2 Å². The van der Waals surface area contributed by atoms with Gasteiger partial charge in [0.25, 0.3) is 0 Å². The fourth-order valence-corrected chi connectivity index (χ4v) is 3.31. The van der Waals surface area contributed by atoms with E-state index in [1.54, 1.807) is 0 Å². The molecule has 1 fully saturated rings. The van der Waals surface area contributed by atoms with Crippen LogP contribution in [0.15, 0.2) is 24.3 Å². The van der Waals surface area contributed by atoms with Crippen molar-refractivity contribution in [1.29, 1.82) is 0 Å². The van der Waals surface area contributed by atoms with Crippen molar-refractivity contribution in [2.45, 2.75) is 64.0 Å². The van der Waals surface area contributed by atoms with Crippen LogP contribution in [-0.2, 0) is 10.5 Å². The summed E-state index contributed by atoms with van der Waals surface area (Å²) in [5.41, 5.74) is 1.77. The van der Waals surface area contributed by atoms with Gasteiger partial charge in [-0.1, -0.05) is 43.5 Å². The van der Waals surface area contributed by atoms with Crippen LogP contribution in [0, 0.1) is 0 Å². The van der Waals surface area contributed by atoms with E-state index in [1.165, 1.54) is 32.1 Å². The minimum Gasteiger partial charge on any atom is -0.354 e. The third-order valence-corrected chi connectivity index (χ3v) is 4.49. The lowest BCUT2D eigenvalue weighted by molar-refractivity contribution is -0.149. The van der Waals surface area contributed by atoms with Crippen molar-refractivity contribution in [1.82, 2.24) is 15.0 Å². The van der Waals surface area contributed by atoms with Gasteiger partial charge in [0.15, 0.2) is 5.72 Å². The van der Waals surface area contributed by atoms with E-state index < -0.39 is 0 Å². The number of hydrogen-bond acceptors (Lipinski definition) is 3. The Hall–Kier alpha value is -1.42. The zero-order valence-electron chi connectivity index (χ0n) is 12.9. The highest BCUT2D eigenvalue weighted by Gasteiger charge is 2.36. The van der Waals surface area contributed by atoms with Gasteiger partial charge in [-0.25, -0.2) is 4.68 Å². The first kappa shape index (κ1) is 14.5. The maximum Gasteiger partial charge on any atom is 0.163 e. The summed E-state index contributed by atoms with van der Waals surface area (Å²) in [5, 5.41) is 8.75. The van der Waals surface area contributed by atoms with E-state index in [-0.39, 0.29) is 5.72 Å². The van der Waals surface area contributed by atoms with Crippen LogP contribution in [0.3, 0.4) is 0 Å². The van der Waals surface area contributed by atoms with Crippen molar-refractivity contribution in [2.24, 2.45) is 0 Å². The van der Waals surface area contributed by atoms with Crippen LogP contribution >= 0.6 is 0 Å². The van der Waals surface area contributed by atoms with Crippen molar-refractivity contribution in [3.63, 3.8) is 0 Å². The predicted molar refractivity (Wildman–Crippen MR) is 84.1 cm³/mol. The number of hydrogen-bond donors (Lipinski definition) is 0. The second kappa shape index (κ2) is 6.56. The van der Waals surface area contributed by atoms with Gasteiger partial charge in [-0.3, -0.25) is 0 Å². The molecule has 0 saturated carbocycles. The first-order chi connectivity index (χ1) is 10.4. The van der Waals surface area contributed by atoms with Gasteiger partial charge in [0.1, 0.15) is 5.52 Å². The van der Waals surface area contributed by atoms with Crippen LogP contribution in [0.5, 0.6) is 0 Å². The minimum absolute atomic E-state index is 0.276. The molecule has 0 aliphatic carbocycles. The maximum atomic E-state index is 6.26. The summed E-state index contributed by atoms with van der Waals surface area (Å²) in [4.78, 5) is 0. The first-order valence-electron chi connectivity index (χ1n) is 8.31. The molecular weight excluding hydrogens is 262 g/mol. The average Bonchev–Trinajstić information content (AvgIpc) is 2.97. The number of aromatic nitrogens is 3. The van der Waals surface area contributed by atoms with E-state index in [4.69, 9.17) is 4.74 Å². The third-order valence-electron chi connectivity index (χ3n) is 4.49. The van der Waals surface area contributed by atoms with Crippen molar-refractivity contribution in [2.75, 3.05) is 6.61 Å². The molecule has 0 amide bonds. The second-order valence-electron chi connectivity index (χ2n) is 6.05. The number of ether oxygens (including phenoxy) is 1. The highest BCUT2D eigenvalue weighted by molar-refractivity contribution is 5.74.